The van der Waals surface area contributed by atoms with Crippen molar-refractivity contribution in [3.05, 3.63) is 30.1 Å². The minimum atomic E-state index is -4.53. The summed E-state index contributed by atoms with van der Waals surface area (Å²) in [4.78, 5) is 14.3. The molecule has 7 heteroatoms. The predicted octanol–water partition coefficient (Wildman–Crippen LogP) is 2.14. The van der Waals surface area contributed by atoms with E-state index in [1.165, 1.54) is 12.1 Å². The largest absolute Gasteiger partial charge is 0.480 e. The molecule has 1 N–H and O–H groups in total. The van der Waals surface area contributed by atoms with Crippen LogP contribution in [0.3, 0.4) is 0 Å². The van der Waals surface area contributed by atoms with E-state index in [0.717, 1.165) is 17.0 Å². The van der Waals surface area contributed by atoms with Crippen LogP contribution >= 0.6 is 0 Å². The Labute approximate surface area is 93.3 Å². The number of alkyl halides is 3. The molecule has 1 aromatic carbocycles. The van der Waals surface area contributed by atoms with Gasteiger partial charge in [0.1, 0.15) is 6.54 Å². The maximum atomic E-state index is 12.7. The lowest BCUT2D eigenvalue weighted by atomic mass is 10.1. The van der Waals surface area contributed by atoms with Gasteiger partial charge >= 0.3 is 12.1 Å². The highest BCUT2D eigenvalue weighted by Crippen LogP contribution is 2.34. The summed E-state index contributed by atoms with van der Waals surface area (Å²) in [6.45, 7) is -0.552. The smallest absolute Gasteiger partial charge is 0.418 e. The molecule has 0 bridgehead atoms. The normalized spacial score (nSPS) is 11.9. The van der Waals surface area contributed by atoms with Gasteiger partial charge in [0.05, 0.1) is 22.9 Å². The number of hydrogen-bond acceptors (Lipinski definition) is 2. The molecule has 1 aromatic heterocycles. The fourth-order valence-corrected chi connectivity index (χ4v) is 1.62. The SMILES string of the molecule is O=C(O)Cn1cnc2cccc(C(F)(F)F)c21. The lowest BCUT2D eigenvalue weighted by molar-refractivity contribution is -0.139. The number of halogens is 3. The minimum Gasteiger partial charge on any atom is -0.480 e. The van der Waals surface area contributed by atoms with Gasteiger partial charge in [-0.15, -0.1) is 0 Å². The number of carboxylic acid groups (broad SMARTS) is 1. The number of aliphatic carboxylic acids is 1. The number of rotatable bonds is 2. The lowest BCUT2D eigenvalue weighted by Gasteiger charge is -2.09. The number of benzene rings is 1. The molecule has 0 aliphatic carbocycles. The summed E-state index contributed by atoms with van der Waals surface area (Å²) in [6, 6.07) is 3.55. The van der Waals surface area contributed by atoms with Crippen molar-refractivity contribution < 1.29 is 23.1 Å². The summed E-state index contributed by atoms with van der Waals surface area (Å²) in [7, 11) is 0. The maximum Gasteiger partial charge on any atom is 0.418 e. The second kappa shape index (κ2) is 3.76. The van der Waals surface area contributed by atoms with E-state index < -0.39 is 24.3 Å². The number of imidazole rings is 1. The molecule has 90 valence electrons. The van der Waals surface area contributed by atoms with Crippen LogP contribution in [0, 0.1) is 0 Å². The van der Waals surface area contributed by atoms with Crippen molar-refractivity contribution >= 4 is 17.0 Å². The first kappa shape index (κ1) is 11.4. The highest BCUT2D eigenvalue weighted by Gasteiger charge is 2.34. The zero-order valence-corrected chi connectivity index (χ0v) is 8.40. The van der Waals surface area contributed by atoms with Crippen LogP contribution in [0.4, 0.5) is 13.2 Å². The van der Waals surface area contributed by atoms with Gasteiger partial charge < -0.3 is 9.67 Å². The lowest BCUT2D eigenvalue weighted by Crippen LogP contribution is -2.12. The average Bonchev–Trinajstić information content (AvgIpc) is 2.59. The van der Waals surface area contributed by atoms with Gasteiger partial charge in [-0.2, -0.15) is 13.2 Å². The van der Waals surface area contributed by atoms with E-state index >= 15 is 0 Å². The molecule has 0 aliphatic heterocycles. The van der Waals surface area contributed by atoms with Gasteiger partial charge in [0.2, 0.25) is 0 Å². The quantitative estimate of drug-likeness (QED) is 0.880. The molecule has 0 amide bonds. The third-order valence-electron chi connectivity index (χ3n) is 2.25. The standard InChI is InChI=1S/C10H7F3N2O2/c11-10(12,13)6-2-1-3-7-9(6)15(5-14-7)4-8(16)17/h1-3,5H,4H2,(H,16,17). The first-order valence-electron chi connectivity index (χ1n) is 4.62. The second-order valence-electron chi connectivity index (χ2n) is 3.44. The van der Waals surface area contributed by atoms with Crippen LogP contribution in [0.2, 0.25) is 0 Å². The summed E-state index contributed by atoms with van der Waals surface area (Å²) in [5.41, 5.74) is -0.961. The Balaban J connectivity index is 2.68. The van der Waals surface area contributed by atoms with Gasteiger partial charge in [-0.3, -0.25) is 4.79 Å². The number of carbonyl (C=O) groups is 1. The van der Waals surface area contributed by atoms with Crippen molar-refractivity contribution in [2.75, 3.05) is 0 Å². The third-order valence-corrected chi connectivity index (χ3v) is 2.25. The summed E-state index contributed by atoms with van der Waals surface area (Å²) >= 11 is 0. The van der Waals surface area contributed by atoms with Crippen LogP contribution in [-0.2, 0) is 17.5 Å². The molecule has 0 saturated carbocycles. The molecule has 2 rings (SSSR count). The Morgan fingerprint density at radius 3 is 2.71 bits per heavy atom. The minimum absolute atomic E-state index is 0.126. The Kier molecular flexibility index (Phi) is 2.53. The zero-order chi connectivity index (χ0) is 12.6. The van der Waals surface area contributed by atoms with Crippen LogP contribution in [0.25, 0.3) is 11.0 Å². The maximum absolute atomic E-state index is 12.7. The highest BCUT2D eigenvalue weighted by molar-refractivity contribution is 5.81. The molecule has 0 fully saturated rings. The average molecular weight is 244 g/mol. The van der Waals surface area contributed by atoms with Crippen LogP contribution in [0.1, 0.15) is 5.56 Å². The molecule has 0 atom stereocenters. The van der Waals surface area contributed by atoms with Crippen LogP contribution in [0.15, 0.2) is 24.5 Å². The van der Waals surface area contributed by atoms with Crippen LogP contribution < -0.4 is 0 Å². The molecule has 4 nitrogen and oxygen atoms in total. The van der Waals surface area contributed by atoms with Crippen molar-refractivity contribution in [1.82, 2.24) is 9.55 Å². The molecule has 0 spiro atoms. The molecular weight excluding hydrogens is 237 g/mol. The van der Waals surface area contributed by atoms with E-state index in [4.69, 9.17) is 5.11 Å². The summed E-state index contributed by atoms with van der Waals surface area (Å²) in [5.74, 6) is -1.22. The van der Waals surface area contributed by atoms with Crippen molar-refractivity contribution in [1.29, 1.82) is 0 Å². The first-order valence-corrected chi connectivity index (χ1v) is 4.62. The number of fused-ring (bicyclic) bond motifs is 1. The van der Waals surface area contributed by atoms with Crippen molar-refractivity contribution in [3.63, 3.8) is 0 Å². The second-order valence-corrected chi connectivity index (χ2v) is 3.44. The Hall–Kier alpha value is -2.05. The van der Waals surface area contributed by atoms with Gasteiger partial charge in [-0.25, -0.2) is 4.98 Å². The van der Waals surface area contributed by atoms with E-state index in [9.17, 15) is 18.0 Å². The van der Waals surface area contributed by atoms with Gasteiger partial charge in [-0.1, -0.05) is 6.07 Å². The topological polar surface area (TPSA) is 55.1 Å². The number of carboxylic acids is 1. The Bertz CT molecular complexity index is 574. The van der Waals surface area contributed by atoms with Crippen LogP contribution in [-0.4, -0.2) is 20.6 Å². The number of para-hydroxylation sites is 1. The number of hydrogen-bond donors (Lipinski definition) is 1. The zero-order valence-electron chi connectivity index (χ0n) is 8.40. The Morgan fingerprint density at radius 1 is 1.41 bits per heavy atom. The monoisotopic (exact) mass is 244 g/mol. The van der Waals surface area contributed by atoms with Crippen molar-refractivity contribution in [2.45, 2.75) is 12.7 Å². The van der Waals surface area contributed by atoms with E-state index in [0.29, 0.717) is 0 Å². The molecule has 0 radical (unpaired) electrons. The third kappa shape index (κ3) is 2.08. The van der Waals surface area contributed by atoms with Gasteiger partial charge in [0.15, 0.2) is 0 Å². The van der Waals surface area contributed by atoms with Crippen LogP contribution in [0.5, 0.6) is 0 Å². The van der Waals surface area contributed by atoms with E-state index in [-0.39, 0.29) is 11.0 Å². The van der Waals surface area contributed by atoms with E-state index in [2.05, 4.69) is 4.98 Å². The summed E-state index contributed by atoms with van der Waals surface area (Å²) in [5, 5.41) is 8.61. The molecule has 2 aromatic rings. The molecular formula is C10H7F3N2O2. The molecule has 0 saturated heterocycles. The Morgan fingerprint density at radius 2 is 2.12 bits per heavy atom. The van der Waals surface area contributed by atoms with Crippen molar-refractivity contribution in [2.24, 2.45) is 0 Å². The highest BCUT2D eigenvalue weighted by atomic mass is 19.4. The first-order chi connectivity index (χ1) is 7.89. The van der Waals surface area contributed by atoms with Gasteiger partial charge in [-0.05, 0) is 12.1 Å². The molecule has 1 heterocycles. The summed E-state index contributed by atoms with van der Waals surface area (Å²) < 4.78 is 39.1. The summed E-state index contributed by atoms with van der Waals surface area (Å²) in [6.07, 6.45) is -3.44. The fourth-order valence-electron chi connectivity index (χ4n) is 1.62. The predicted molar refractivity (Wildman–Crippen MR) is 52.4 cm³/mol. The molecule has 0 aliphatic rings. The number of aromatic nitrogens is 2. The van der Waals surface area contributed by atoms with Gasteiger partial charge in [0.25, 0.3) is 0 Å². The van der Waals surface area contributed by atoms with E-state index in [1.54, 1.807) is 0 Å². The fraction of sp³-hybridized carbons (Fsp3) is 0.200. The molecule has 17 heavy (non-hydrogen) atoms. The van der Waals surface area contributed by atoms with Crippen molar-refractivity contribution in [3.8, 4) is 0 Å². The van der Waals surface area contributed by atoms with E-state index in [1.807, 2.05) is 0 Å². The van der Waals surface area contributed by atoms with Gasteiger partial charge in [0, 0.05) is 0 Å². The molecule has 0 unspecified atom stereocenters. The number of nitrogens with zero attached hydrogens (tertiary/aromatic N) is 2.